The van der Waals surface area contributed by atoms with Gasteiger partial charge in [0.05, 0.1) is 10.2 Å². The molecule has 0 radical (unpaired) electrons. The number of halogens is 1. The van der Waals surface area contributed by atoms with Crippen molar-refractivity contribution in [2.45, 2.75) is 0 Å². The van der Waals surface area contributed by atoms with Gasteiger partial charge in [-0.05, 0) is 30.3 Å². The van der Waals surface area contributed by atoms with Gasteiger partial charge in [-0.3, -0.25) is 4.98 Å². The van der Waals surface area contributed by atoms with Crippen molar-refractivity contribution in [3.63, 3.8) is 0 Å². The Hall–Kier alpha value is -2.53. The molecule has 0 bridgehead atoms. The minimum Gasteiger partial charge on any atom is -0.331 e. The number of anilines is 2. The summed E-state index contributed by atoms with van der Waals surface area (Å²) < 4.78 is 14.1. The summed E-state index contributed by atoms with van der Waals surface area (Å²) in [5.41, 5.74) is 1.76. The van der Waals surface area contributed by atoms with Gasteiger partial charge in [0.2, 0.25) is 0 Å². The lowest BCUT2D eigenvalue weighted by atomic mass is 10.1. The van der Waals surface area contributed by atoms with E-state index in [0.717, 1.165) is 31.8 Å². The molecule has 0 aliphatic carbocycles. The van der Waals surface area contributed by atoms with Crippen molar-refractivity contribution in [2.75, 3.05) is 5.32 Å². The molecule has 4 aromatic rings. The summed E-state index contributed by atoms with van der Waals surface area (Å²) in [6, 6.07) is 12.6. The zero-order valence-electron chi connectivity index (χ0n) is 10.9. The Morgan fingerprint density at radius 1 is 1.10 bits per heavy atom. The van der Waals surface area contributed by atoms with Crippen LogP contribution in [-0.4, -0.2) is 9.97 Å². The highest BCUT2D eigenvalue weighted by Gasteiger charge is 2.07. The van der Waals surface area contributed by atoms with E-state index in [1.165, 1.54) is 23.5 Å². The average Bonchev–Trinajstić information content (AvgIpc) is 2.89. The Kier molecular flexibility index (Phi) is 2.79. The van der Waals surface area contributed by atoms with Gasteiger partial charge in [-0.1, -0.05) is 23.5 Å². The number of nitrogens with one attached hydrogen (secondary N) is 1. The van der Waals surface area contributed by atoms with Gasteiger partial charge in [-0.15, -0.1) is 0 Å². The van der Waals surface area contributed by atoms with Gasteiger partial charge < -0.3 is 5.32 Å². The van der Waals surface area contributed by atoms with Crippen molar-refractivity contribution >= 4 is 43.1 Å². The molecule has 0 aliphatic heterocycles. The van der Waals surface area contributed by atoms with E-state index in [2.05, 4.69) is 15.3 Å². The molecule has 2 aromatic carbocycles. The fraction of sp³-hybridized carbons (Fsp3) is 0. The molecule has 0 saturated carbocycles. The Labute approximate surface area is 124 Å². The highest BCUT2D eigenvalue weighted by Crippen LogP contribution is 2.31. The number of benzene rings is 2. The summed E-state index contributed by atoms with van der Waals surface area (Å²) in [6.07, 6.45) is 3.59. The zero-order chi connectivity index (χ0) is 14.2. The first-order valence-electron chi connectivity index (χ1n) is 6.45. The van der Waals surface area contributed by atoms with Crippen LogP contribution in [0.15, 0.2) is 54.9 Å². The van der Waals surface area contributed by atoms with Crippen LogP contribution in [0, 0.1) is 5.82 Å². The molecule has 102 valence electrons. The summed E-state index contributed by atoms with van der Waals surface area (Å²) >= 11 is 1.44. The van der Waals surface area contributed by atoms with E-state index < -0.39 is 0 Å². The second kappa shape index (κ2) is 4.79. The monoisotopic (exact) mass is 295 g/mol. The molecule has 0 aliphatic rings. The largest absolute Gasteiger partial charge is 0.331 e. The smallest absolute Gasteiger partial charge is 0.188 e. The maximum absolute atomic E-state index is 13.2. The van der Waals surface area contributed by atoms with Crippen LogP contribution in [0.25, 0.3) is 21.0 Å². The standard InChI is InChI=1S/C16H10FN3S/c17-11-4-5-14-15(8-11)21-16(20-14)19-13-3-1-2-10-9-18-7-6-12(10)13/h1-9H,(H,19,20). The third kappa shape index (κ3) is 2.21. The van der Waals surface area contributed by atoms with Crippen LogP contribution in [0.2, 0.25) is 0 Å². The van der Waals surface area contributed by atoms with Crippen molar-refractivity contribution in [3.05, 3.63) is 60.7 Å². The maximum atomic E-state index is 13.2. The van der Waals surface area contributed by atoms with E-state index in [-0.39, 0.29) is 5.82 Å². The lowest BCUT2D eigenvalue weighted by molar-refractivity contribution is 0.630. The second-order valence-corrected chi connectivity index (χ2v) is 5.69. The van der Waals surface area contributed by atoms with E-state index >= 15 is 0 Å². The number of nitrogens with zero attached hydrogens (tertiary/aromatic N) is 2. The summed E-state index contributed by atoms with van der Waals surface area (Å²) in [6.45, 7) is 0. The van der Waals surface area contributed by atoms with E-state index in [4.69, 9.17) is 0 Å². The highest BCUT2D eigenvalue weighted by molar-refractivity contribution is 7.22. The fourth-order valence-corrected chi connectivity index (χ4v) is 3.20. The fourth-order valence-electron chi connectivity index (χ4n) is 2.30. The van der Waals surface area contributed by atoms with Crippen LogP contribution in [0.3, 0.4) is 0 Å². The molecule has 2 aromatic heterocycles. The summed E-state index contributed by atoms with van der Waals surface area (Å²) in [4.78, 5) is 8.60. The van der Waals surface area contributed by atoms with Gasteiger partial charge in [0, 0.05) is 28.9 Å². The van der Waals surface area contributed by atoms with Crippen LogP contribution in [-0.2, 0) is 0 Å². The van der Waals surface area contributed by atoms with Crippen molar-refractivity contribution in [1.29, 1.82) is 0 Å². The molecule has 3 nitrogen and oxygen atoms in total. The van der Waals surface area contributed by atoms with Crippen LogP contribution in [0.4, 0.5) is 15.2 Å². The van der Waals surface area contributed by atoms with E-state index in [1.54, 1.807) is 12.3 Å². The Morgan fingerprint density at radius 3 is 3.00 bits per heavy atom. The number of thiazole rings is 1. The van der Waals surface area contributed by atoms with Gasteiger partial charge >= 0.3 is 0 Å². The van der Waals surface area contributed by atoms with E-state index in [9.17, 15) is 4.39 Å². The second-order valence-electron chi connectivity index (χ2n) is 4.66. The maximum Gasteiger partial charge on any atom is 0.188 e. The predicted molar refractivity (Wildman–Crippen MR) is 84.6 cm³/mol. The molecular weight excluding hydrogens is 285 g/mol. The summed E-state index contributed by atoms with van der Waals surface area (Å²) in [5, 5.41) is 6.21. The first-order valence-corrected chi connectivity index (χ1v) is 7.27. The van der Waals surface area contributed by atoms with E-state index in [0.29, 0.717) is 0 Å². The number of rotatable bonds is 2. The normalized spacial score (nSPS) is 11.1. The minimum absolute atomic E-state index is 0.242. The molecule has 5 heteroatoms. The van der Waals surface area contributed by atoms with Gasteiger partial charge in [0.15, 0.2) is 5.13 Å². The first-order chi connectivity index (χ1) is 10.3. The van der Waals surface area contributed by atoms with Gasteiger partial charge in [-0.2, -0.15) is 0 Å². The Morgan fingerprint density at radius 2 is 2.05 bits per heavy atom. The lowest BCUT2D eigenvalue weighted by Crippen LogP contribution is -1.90. The summed E-state index contributed by atoms with van der Waals surface area (Å²) in [7, 11) is 0. The minimum atomic E-state index is -0.242. The quantitative estimate of drug-likeness (QED) is 0.581. The van der Waals surface area contributed by atoms with Crippen molar-refractivity contribution in [2.24, 2.45) is 0 Å². The van der Waals surface area contributed by atoms with Crippen molar-refractivity contribution < 1.29 is 4.39 Å². The molecule has 0 amide bonds. The Balaban J connectivity index is 1.79. The van der Waals surface area contributed by atoms with Crippen LogP contribution in [0.5, 0.6) is 0 Å². The molecule has 1 N–H and O–H groups in total. The molecular formula is C16H10FN3S. The number of pyridine rings is 1. The topological polar surface area (TPSA) is 37.8 Å². The molecule has 0 spiro atoms. The average molecular weight is 295 g/mol. The molecule has 4 rings (SSSR count). The van der Waals surface area contributed by atoms with Gasteiger partial charge in [-0.25, -0.2) is 9.37 Å². The Bertz CT molecular complexity index is 943. The molecule has 2 heterocycles. The number of fused-ring (bicyclic) bond motifs is 2. The van der Waals surface area contributed by atoms with E-state index in [1.807, 2.05) is 30.5 Å². The molecule has 0 fully saturated rings. The lowest BCUT2D eigenvalue weighted by Gasteiger charge is -2.06. The first kappa shape index (κ1) is 12.2. The number of hydrogen-bond donors (Lipinski definition) is 1. The van der Waals surface area contributed by atoms with Crippen molar-refractivity contribution in [1.82, 2.24) is 9.97 Å². The van der Waals surface area contributed by atoms with Crippen LogP contribution in [0.1, 0.15) is 0 Å². The molecule has 0 atom stereocenters. The third-order valence-corrected chi connectivity index (χ3v) is 4.21. The SMILES string of the molecule is Fc1ccc2nc(Nc3cccc4cnccc34)sc2c1. The number of hydrogen-bond acceptors (Lipinski definition) is 4. The zero-order valence-corrected chi connectivity index (χ0v) is 11.7. The van der Waals surface area contributed by atoms with Crippen LogP contribution >= 0.6 is 11.3 Å². The van der Waals surface area contributed by atoms with Gasteiger partial charge in [0.25, 0.3) is 0 Å². The summed E-state index contributed by atoms with van der Waals surface area (Å²) in [5.74, 6) is -0.242. The predicted octanol–water partition coefficient (Wildman–Crippen LogP) is 4.73. The molecule has 0 saturated heterocycles. The third-order valence-electron chi connectivity index (χ3n) is 3.27. The molecule has 21 heavy (non-hydrogen) atoms. The van der Waals surface area contributed by atoms with Crippen LogP contribution < -0.4 is 5.32 Å². The number of aromatic nitrogens is 2. The molecule has 0 unspecified atom stereocenters. The highest BCUT2D eigenvalue weighted by atomic mass is 32.1. The van der Waals surface area contributed by atoms with Gasteiger partial charge in [0.1, 0.15) is 5.82 Å². The van der Waals surface area contributed by atoms with Crippen molar-refractivity contribution in [3.8, 4) is 0 Å².